The van der Waals surface area contributed by atoms with Gasteiger partial charge in [-0.2, -0.15) is 4.37 Å². The van der Waals surface area contributed by atoms with Crippen LogP contribution < -0.4 is 10.6 Å². The molecule has 0 radical (unpaired) electrons. The molecule has 1 aromatic heterocycles. The SMILES string of the molecule is CC(C)(C)c1nsc(NCC(=O)NCc2ccccc2)n1. The Labute approximate surface area is 129 Å². The first-order chi connectivity index (χ1) is 9.95. The average molecular weight is 304 g/mol. The van der Waals surface area contributed by atoms with Crippen LogP contribution >= 0.6 is 11.5 Å². The second-order valence-corrected chi connectivity index (χ2v) is 6.54. The normalized spacial score (nSPS) is 11.2. The number of carbonyl (C=O) groups excluding carboxylic acids is 1. The van der Waals surface area contributed by atoms with Gasteiger partial charge in [0, 0.05) is 23.5 Å². The summed E-state index contributed by atoms with van der Waals surface area (Å²) in [6.07, 6.45) is 0. The molecule has 0 saturated heterocycles. The third kappa shape index (κ3) is 4.82. The number of hydrogen-bond donors (Lipinski definition) is 2. The second-order valence-electron chi connectivity index (χ2n) is 5.79. The van der Waals surface area contributed by atoms with Gasteiger partial charge in [-0.15, -0.1) is 0 Å². The average Bonchev–Trinajstić information content (AvgIpc) is 2.93. The third-order valence-corrected chi connectivity index (χ3v) is 3.50. The van der Waals surface area contributed by atoms with Crippen molar-refractivity contribution in [1.29, 1.82) is 0 Å². The van der Waals surface area contributed by atoms with Gasteiger partial charge in [0.25, 0.3) is 0 Å². The van der Waals surface area contributed by atoms with Gasteiger partial charge < -0.3 is 10.6 Å². The van der Waals surface area contributed by atoms with E-state index in [1.807, 2.05) is 30.3 Å². The van der Waals surface area contributed by atoms with Crippen molar-refractivity contribution >= 4 is 22.6 Å². The van der Waals surface area contributed by atoms with Gasteiger partial charge in [0.1, 0.15) is 5.82 Å². The molecule has 21 heavy (non-hydrogen) atoms. The summed E-state index contributed by atoms with van der Waals surface area (Å²) in [6.45, 7) is 6.92. The van der Waals surface area contributed by atoms with Gasteiger partial charge in [-0.3, -0.25) is 4.79 Å². The minimum atomic E-state index is -0.0774. The topological polar surface area (TPSA) is 66.9 Å². The molecule has 0 bridgehead atoms. The summed E-state index contributed by atoms with van der Waals surface area (Å²) in [6, 6.07) is 9.82. The van der Waals surface area contributed by atoms with E-state index in [1.54, 1.807) is 0 Å². The molecule has 1 heterocycles. The molecule has 6 heteroatoms. The maximum atomic E-state index is 11.8. The van der Waals surface area contributed by atoms with Gasteiger partial charge in [-0.25, -0.2) is 4.98 Å². The molecule has 0 saturated carbocycles. The van der Waals surface area contributed by atoms with Crippen molar-refractivity contribution in [2.45, 2.75) is 32.7 Å². The molecule has 2 rings (SSSR count). The largest absolute Gasteiger partial charge is 0.351 e. The molecule has 5 nitrogen and oxygen atoms in total. The lowest BCUT2D eigenvalue weighted by atomic mass is 9.96. The fourth-order valence-corrected chi connectivity index (χ4v) is 2.37. The molecule has 1 aromatic carbocycles. The van der Waals surface area contributed by atoms with Crippen molar-refractivity contribution < 1.29 is 4.79 Å². The summed E-state index contributed by atoms with van der Waals surface area (Å²) in [4.78, 5) is 16.2. The minimum absolute atomic E-state index is 0.0636. The van der Waals surface area contributed by atoms with Crippen molar-refractivity contribution in [3.63, 3.8) is 0 Å². The summed E-state index contributed by atoms with van der Waals surface area (Å²) in [5.74, 6) is 0.728. The lowest BCUT2D eigenvalue weighted by Crippen LogP contribution is -2.29. The standard InChI is InChI=1S/C15H20N4OS/c1-15(2,3)13-18-14(21-19-13)17-10-12(20)16-9-11-7-5-4-6-8-11/h4-8H,9-10H2,1-3H3,(H,16,20)(H,17,18,19). The van der Waals surface area contributed by atoms with Gasteiger partial charge >= 0.3 is 0 Å². The van der Waals surface area contributed by atoms with Crippen molar-refractivity contribution in [3.8, 4) is 0 Å². The fraction of sp³-hybridized carbons (Fsp3) is 0.400. The number of aromatic nitrogens is 2. The van der Waals surface area contributed by atoms with E-state index in [0.29, 0.717) is 11.7 Å². The van der Waals surface area contributed by atoms with E-state index in [4.69, 9.17) is 0 Å². The molecule has 0 unspecified atom stereocenters. The van der Waals surface area contributed by atoms with Crippen LogP contribution in [-0.4, -0.2) is 21.8 Å². The first-order valence-electron chi connectivity index (χ1n) is 6.84. The molecular weight excluding hydrogens is 284 g/mol. The van der Waals surface area contributed by atoms with Crippen LogP contribution in [0.4, 0.5) is 5.13 Å². The predicted molar refractivity (Wildman–Crippen MR) is 85.4 cm³/mol. The van der Waals surface area contributed by atoms with Crippen LogP contribution in [0.3, 0.4) is 0 Å². The number of carbonyl (C=O) groups is 1. The van der Waals surface area contributed by atoms with E-state index in [0.717, 1.165) is 11.4 Å². The first-order valence-corrected chi connectivity index (χ1v) is 7.61. The van der Waals surface area contributed by atoms with Crippen LogP contribution in [0.1, 0.15) is 32.2 Å². The number of hydrogen-bond acceptors (Lipinski definition) is 5. The Morgan fingerprint density at radius 1 is 1.24 bits per heavy atom. The van der Waals surface area contributed by atoms with Crippen LogP contribution in [0.15, 0.2) is 30.3 Å². The number of nitrogens with zero attached hydrogens (tertiary/aromatic N) is 2. The third-order valence-electron chi connectivity index (χ3n) is 2.83. The van der Waals surface area contributed by atoms with Crippen molar-refractivity contribution in [1.82, 2.24) is 14.7 Å². The van der Waals surface area contributed by atoms with Crippen LogP contribution in [-0.2, 0) is 16.8 Å². The van der Waals surface area contributed by atoms with Crippen LogP contribution in [0.25, 0.3) is 0 Å². The van der Waals surface area contributed by atoms with E-state index >= 15 is 0 Å². The lowest BCUT2D eigenvalue weighted by molar-refractivity contribution is -0.119. The Balaban J connectivity index is 1.78. The molecule has 0 fully saturated rings. The highest BCUT2D eigenvalue weighted by Crippen LogP contribution is 2.22. The highest BCUT2D eigenvalue weighted by atomic mass is 32.1. The second kappa shape index (κ2) is 6.67. The number of anilines is 1. The fourth-order valence-electron chi connectivity index (χ4n) is 1.61. The zero-order valence-corrected chi connectivity index (χ0v) is 13.3. The van der Waals surface area contributed by atoms with Crippen LogP contribution in [0, 0.1) is 0 Å². The zero-order valence-electron chi connectivity index (χ0n) is 12.5. The van der Waals surface area contributed by atoms with E-state index in [9.17, 15) is 4.79 Å². The van der Waals surface area contributed by atoms with E-state index in [-0.39, 0.29) is 17.9 Å². The predicted octanol–water partition coefficient (Wildman–Crippen LogP) is 2.56. The summed E-state index contributed by atoms with van der Waals surface area (Å²) >= 11 is 1.28. The van der Waals surface area contributed by atoms with E-state index in [2.05, 4.69) is 40.8 Å². The van der Waals surface area contributed by atoms with Crippen LogP contribution in [0.2, 0.25) is 0 Å². The zero-order chi connectivity index (χ0) is 15.3. The molecule has 2 aromatic rings. The van der Waals surface area contributed by atoms with Gasteiger partial charge in [0.15, 0.2) is 0 Å². The quantitative estimate of drug-likeness (QED) is 0.891. The Bertz CT molecular complexity index is 589. The maximum absolute atomic E-state index is 11.8. The number of nitrogens with one attached hydrogen (secondary N) is 2. The van der Waals surface area contributed by atoms with Gasteiger partial charge in [0.05, 0.1) is 6.54 Å². The Morgan fingerprint density at radius 2 is 1.95 bits per heavy atom. The summed E-state index contributed by atoms with van der Waals surface area (Å²) < 4.78 is 4.30. The van der Waals surface area contributed by atoms with Gasteiger partial charge in [-0.1, -0.05) is 51.1 Å². The van der Waals surface area contributed by atoms with Crippen molar-refractivity contribution in [2.75, 3.05) is 11.9 Å². The molecule has 112 valence electrons. The number of benzene rings is 1. The molecule has 0 aliphatic heterocycles. The lowest BCUT2D eigenvalue weighted by Gasteiger charge is -2.12. The van der Waals surface area contributed by atoms with Gasteiger partial charge in [0.2, 0.25) is 11.0 Å². The van der Waals surface area contributed by atoms with Crippen LogP contribution in [0.5, 0.6) is 0 Å². The molecule has 0 spiro atoms. The Kier molecular flexibility index (Phi) is 4.90. The van der Waals surface area contributed by atoms with Gasteiger partial charge in [-0.05, 0) is 5.56 Å². The monoisotopic (exact) mass is 304 g/mol. The molecule has 1 amide bonds. The minimum Gasteiger partial charge on any atom is -0.351 e. The Hall–Kier alpha value is -1.95. The molecule has 0 atom stereocenters. The number of amides is 1. The number of rotatable bonds is 5. The summed E-state index contributed by atoms with van der Waals surface area (Å²) in [5, 5.41) is 6.54. The van der Waals surface area contributed by atoms with E-state index in [1.165, 1.54) is 11.5 Å². The molecule has 0 aliphatic carbocycles. The smallest absolute Gasteiger partial charge is 0.239 e. The molecule has 0 aliphatic rings. The highest BCUT2D eigenvalue weighted by molar-refractivity contribution is 7.09. The summed E-state index contributed by atoms with van der Waals surface area (Å²) in [5.41, 5.74) is 1.00. The van der Waals surface area contributed by atoms with Crippen molar-refractivity contribution in [2.24, 2.45) is 0 Å². The Morgan fingerprint density at radius 3 is 2.57 bits per heavy atom. The maximum Gasteiger partial charge on any atom is 0.239 e. The molecular formula is C15H20N4OS. The molecule has 2 N–H and O–H groups in total. The highest BCUT2D eigenvalue weighted by Gasteiger charge is 2.19. The van der Waals surface area contributed by atoms with Crippen molar-refractivity contribution in [3.05, 3.63) is 41.7 Å². The van der Waals surface area contributed by atoms with E-state index < -0.39 is 0 Å². The first kappa shape index (κ1) is 15.4. The summed E-state index contributed by atoms with van der Waals surface area (Å²) in [7, 11) is 0.